The van der Waals surface area contributed by atoms with Gasteiger partial charge in [-0.15, -0.1) is 0 Å². The number of ether oxygens (including phenoxy) is 1. The molecule has 0 bridgehead atoms. The molecule has 0 N–H and O–H groups in total. The fraction of sp³-hybridized carbons (Fsp3) is 0.375. The third-order valence-corrected chi connectivity index (χ3v) is 3.76. The largest absolute Gasteiger partial charge is 0.493 e. The van der Waals surface area contributed by atoms with Crippen LogP contribution < -0.4 is 4.74 Å². The molecule has 3 nitrogen and oxygen atoms in total. The fourth-order valence-electron chi connectivity index (χ4n) is 2.25. The summed E-state index contributed by atoms with van der Waals surface area (Å²) in [7, 11) is 0. The summed E-state index contributed by atoms with van der Waals surface area (Å²) in [5.41, 5.74) is 3.25. The van der Waals surface area contributed by atoms with Crippen molar-refractivity contribution in [2.75, 3.05) is 6.61 Å². The summed E-state index contributed by atoms with van der Waals surface area (Å²) in [6.07, 6.45) is 0.974. The lowest BCUT2D eigenvalue weighted by atomic mass is 9.95. The van der Waals surface area contributed by atoms with Crippen molar-refractivity contribution in [1.82, 2.24) is 9.97 Å². The molecule has 4 heteroatoms. The van der Waals surface area contributed by atoms with Crippen LogP contribution in [0.15, 0.2) is 28.9 Å². The van der Waals surface area contributed by atoms with Crippen LogP contribution in [0, 0.1) is 0 Å². The number of benzene rings is 1. The fourth-order valence-corrected chi connectivity index (χ4v) is 2.63. The topological polar surface area (TPSA) is 35.0 Å². The Morgan fingerprint density at radius 1 is 1.15 bits per heavy atom. The molecule has 20 heavy (non-hydrogen) atoms. The van der Waals surface area contributed by atoms with Crippen LogP contribution in [0.25, 0.3) is 11.3 Å². The van der Waals surface area contributed by atoms with Crippen LogP contribution in [0.1, 0.15) is 32.2 Å². The number of fused-ring (bicyclic) bond motifs is 1. The molecule has 0 amide bonds. The lowest BCUT2D eigenvalue weighted by molar-refractivity contribution is 0.357. The molecule has 1 aliphatic heterocycles. The van der Waals surface area contributed by atoms with E-state index in [1.54, 1.807) is 0 Å². The van der Waals surface area contributed by atoms with Crippen LogP contribution in [0.2, 0.25) is 0 Å². The molecule has 2 aromatic rings. The average Bonchev–Trinajstić information content (AvgIpc) is 2.84. The molecule has 104 valence electrons. The Morgan fingerprint density at radius 3 is 2.70 bits per heavy atom. The van der Waals surface area contributed by atoms with Crippen molar-refractivity contribution in [3.63, 3.8) is 0 Å². The maximum Gasteiger partial charge on any atom is 0.135 e. The molecule has 1 aromatic heterocycles. The van der Waals surface area contributed by atoms with Crippen molar-refractivity contribution < 1.29 is 4.74 Å². The van der Waals surface area contributed by atoms with Gasteiger partial charge in [-0.25, -0.2) is 9.97 Å². The van der Waals surface area contributed by atoms with Gasteiger partial charge in [0, 0.05) is 17.4 Å². The summed E-state index contributed by atoms with van der Waals surface area (Å²) in [6.45, 7) is 7.14. The molecule has 0 fully saturated rings. The zero-order valence-electron chi connectivity index (χ0n) is 11.9. The maximum absolute atomic E-state index is 5.55. The second-order valence-electron chi connectivity index (χ2n) is 6.07. The van der Waals surface area contributed by atoms with Crippen LogP contribution in [-0.2, 0) is 11.8 Å². The molecule has 0 spiro atoms. The minimum Gasteiger partial charge on any atom is -0.493 e. The van der Waals surface area contributed by atoms with Gasteiger partial charge in [-0.2, -0.15) is 0 Å². The summed E-state index contributed by atoms with van der Waals surface area (Å²) < 4.78 is 6.37. The number of halogens is 1. The molecule has 1 aromatic carbocycles. The van der Waals surface area contributed by atoms with Crippen molar-refractivity contribution in [1.29, 1.82) is 0 Å². The smallest absolute Gasteiger partial charge is 0.135 e. The second-order valence-corrected chi connectivity index (χ2v) is 6.88. The van der Waals surface area contributed by atoms with E-state index in [1.807, 2.05) is 12.1 Å². The number of aromatic nitrogens is 2. The van der Waals surface area contributed by atoms with Gasteiger partial charge in [0.1, 0.15) is 16.2 Å². The number of hydrogen-bond donors (Lipinski definition) is 0. The maximum atomic E-state index is 5.55. The Balaban J connectivity index is 2.08. The van der Waals surface area contributed by atoms with E-state index in [2.05, 4.69) is 53.8 Å². The molecule has 2 heterocycles. The summed E-state index contributed by atoms with van der Waals surface area (Å²) in [5.74, 6) is 1.84. The predicted octanol–water partition coefficient (Wildman–Crippen LogP) is 4.14. The lowest BCUT2D eigenvalue weighted by Crippen LogP contribution is -2.16. The lowest BCUT2D eigenvalue weighted by Gasteiger charge is -2.17. The Hall–Kier alpha value is -1.42. The van der Waals surface area contributed by atoms with Gasteiger partial charge in [0.2, 0.25) is 0 Å². The molecule has 0 atom stereocenters. The zero-order valence-corrected chi connectivity index (χ0v) is 13.5. The van der Waals surface area contributed by atoms with Crippen molar-refractivity contribution in [3.8, 4) is 17.0 Å². The summed E-state index contributed by atoms with van der Waals surface area (Å²) >= 11 is 3.49. The van der Waals surface area contributed by atoms with Crippen LogP contribution in [-0.4, -0.2) is 16.6 Å². The predicted molar refractivity (Wildman–Crippen MR) is 83.1 cm³/mol. The third kappa shape index (κ3) is 2.57. The minimum atomic E-state index is -0.0711. The SMILES string of the molecule is CC(C)(C)c1nc(Br)cc(-c2ccc3c(c2)CCO3)n1. The van der Waals surface area contributed by atoms with E-state index in [-0.39, 0.29) is 5.41 Å². The Kier molecular flexibility index (Phi) is 3.28. The standard InChI is InChI=1S/C16H17BrN2O/c1-16(2,3)15-18-12(9-14(17)19-15)10-4-5-13-11(8-10)6-7-20-13/h4-5,8-9H,6-7H2,1-3H3. The first-order valence-corrected chi connectivity index (χ1v) is 7.54. The third-order valence-electron chi connectivity index (χ3n) is 3.35. The van der Waals surface area contributed by atoms with E-state index in [0.29, 0.717) is 0 Å². The molecule has 0 aliphatic carbocycles. The van der Waals surface area contributed by atoms with E-state index in [0.717, 1.165) is 40.5 Å². The van der Waals surface area contributed by atoms with E-state index in [4.69, 9.17) is 9.72 Å². The Labute approximate surface area is 127 Å². The monoisotopic (exact) mass is 332 g/mol. The summed E-state index contributed by atoms with van der Waals surface area (Å²) in [6, 6.07) is 8.23. The van der Waals surface area contributed by atoms with E-state index in [9.17, 15) is 0 Å². The molecule has 0 saturated carbocycles. The Morgan fingerprint density at radius 2 is 1.95 bits per heavy atom. The highest BCUT2D eigenvalue weighted by Gasteiger charge is 2.20. The van der Waals surface area contributed by atoms with E-state index < -0.39 is 0 Å². The van der Waals surface area contributed by atoms with Gasteiger partial charge in [-0.05, 0) is 45.8 Å². The highest BCUT2D eigenvalue weighted by Crippen LogP contribution is 2.31. The van der Waals surface area contributed by atoms with E-state index >= 15 is 0 Å². The molecular weight excluding hydrogens is 316 g/mol. The van der Waals surface area contributed by atoms with Crippen molar-refractivity contribution >= 4 is 15.9 Å². The van der Waals surface area contributed by atoms with Gasteiger partial charge < -0.3 is 4.74 Å². The van der Waals surface area contributed by atoms with Gasteiger partial charge in [0.05, 0.1) is 12.3 Å². The molecule has 0 unspecified atom stereocenters. The van der Waals surface area contributed by atoms with Gasteiger partial charge in [-0.3, -0.25) is 0 Å². The van der Waals surface area contributed by atoms with Gasteiger partial charge >= 0.3 is 0 Å². The molecule has 1 aliphatic rings. The molecule has 3 rings (SSSR count). The quantitative estimate of drug-likeness (QED) is 0.736. The first kappa shape index (κ1) is 13.6. The first-order valence-electron chi connectivity index (χ1n) is 6.75. The van der Waals surface area contributed by atoms with Gasteiger partial charge in [0.25, 0.3) is 0 Å². The molecular formula is C16H17BrN2O. The van der Waals surface area contributed by atoms with Crippen LogP contribution >= 0.6 is 15.9 Å². The van der Waals surface area contributed by atoms with Gasteiger partial charge in [0.15, 0.2) is 0 Å². The van der Waals surface area contributed by atoms with Crippen molar-refractivity contribution in [2.45, 2.75) is 32.6 Å². The number of hydrogen-bond acceptors (Lipinski definition) is 3. The van der Waals surface area contributed by atoms with E-state index in [1.165, 1.54) is 5.56 Å². The number of nitrogens with zero attached hydrogens (tertiary/aromatic N) is 2. The highest BCUT2D eigenvalue weighted by atomic mass is 79.9. The molecule has 0 radical (unpaired) electrons. The zero-order chi connectivity index (χ0) is 14.3. The average molecular weight is 333 g/mol. The van der Waals surface area contributed by atoms with Crippen LogP contribution in [0.5, 0.6) is 5.75 Å². The Bertz CT molecular complexity index is 662. The first-order chi connectivity index (χ1) is 9.43. The highest BCUT2D eigenvalue weighted by molar-refractivity contribution is 9.10. The molecule has 0 saturated heterocycles. The van der Waals surface area contributed by atoms with Crippen LogP contribution in [0.4, 0.5) is 0 Å². The summed E-state index contributed by atoms with van der Waals surface area (Å²) in [5, 5.41) is 0. The van der Waals surface area contributed by atoms with Crippen LogP contribution in [0.3, 0.4) is 0 Å². The second kappa shape index (κ2) is 4.85. The normalized spacial score (nSPS) is 14.0. The van der Waals surface area contributed by atoms with Crippen molar-refractivity contribution in [3.05, 3.63) is 40.3 Å². The minimum absolute atomic E-state index is 0.0711. The van der Waals surface area contributed by atoms with Crippen molar-refractivity contribution in [2.24, 2.45) is 0 Å². The van der Waals surface area contributed by atoms with Gasteiger partial charge in [-0.1, -0.05) is 20.8 Å². The number of rotatable bonds is 1. The summed E-state index contributed by atoms with van der Waals surface area (Å²) in [4.78, 5) is 9.20.